The smallest absolute Gasteiger partial charge is 0.744 e. The monoisotopic (exact) mass is 900 g/mol. The number of rotatable bonds is 5. The van der Waals surface area contributed by atoms with Crippen LogP contribution in [0.5, 0.6) is 0 Å². The van der Waals surface area contributed by atoms with Gasteiger partial charge in [-0.25, -0.2) is 55.2 Å². The fourth-order valence-electron chi connectivity index (χ4n) is 6.71. The number of unbranched alkanes of at least 4 members (excludes halogenated alkanes) is 2. The summed E-state index contributed by atoms with van der Waals surface area (Å²) in [5.41, 5.74) is 1.97. The van der Waals surface area contributed by atoms with E-state index in [-0.39, 0.29) is 162 Å². The molecule has 0 unspecified atom stereocenters. The molecule has 8 bridgehead atoms. The second-order valence-electron chi connectivity index (χ2n) is 13.3. The summed E-state index contributed by atoms with van der Waals surface area (Å²) in [6.07, 6.45) is 2.59. The predicted molar refractivity (Wildman–Crippen MR) is 206 cm³/mol. The van der Waals surface area contributed by atoms with Gasteiger partial charge in [0.1, 0.15) is 52.9 Å². The second-order valence-corrected chi connectivity index (χ2v) is 17.4. The average molecular weight is 901 g/mol. The molecule has 17 nitrogen and oxygen atoms in total. The molecule has 0 atom stereocenters. The van der Waals surface area contributed by atoms with Crippen LogP contribution in [0.25, 0.3) is 89.7 Å². The number of fused-ring (bicyclic) bond motifs is 20. The van der Waals surface area contributed by atoms with Crippen molar-refractivity contribution in [2.24, 2.45) is 0 Å². The Kier molecular flexibility index (Phi) is 13.6. The summed E-state index contributed by atoms with van der Waals surface area (Å²) in [6, 6.07) is 16.1. The van der Waals surface area contributed by atoms with Crippen LogP contribution in [0.1, 0.15) is 31.7 Å². The van der Waals surface area contributed by atoms with Gasteiger partial charge in [0.05, 0.1) is 14.7 Å². The first kappa shape index (κ1) is 47.0. The van der Waals surface area contributed by atoms with E-state index in [1.54, 1.807) is 18.2 Å². The molecule has 2 N–H and O–H groups in total. The molecule has 61 heavy (non-hydrogen) atoms. The molecule has 2 aliphatic heterocycles. The van der Waals surface area contributed by atoms with Crippen molar-refractivity contribution in [2.45, 2.75) is 40.9 Å². The largest absolute Gasteiger partial charge is 1.00 e. The maximum atomic E-state index is 12.1. The maximum absolute atomic E-state index is 12.1. The molecule has 290 valence electrons. The van der Waals surface area contributed by atoms with E-state index in [9.17, 15) is 38.9 Å². The molecule has 0 aliphatic carbocycles. The van der Waals surface area contributed by atoms with E-state index in [0.29, 0.717) is 28.3 Å². The maximum Gasteiger partial charge on any atom is 1.00 e. The van der Waals surface area contributed by atoms with Crippen molar-refractivity contribution in [1.29, 1.82) is 0 Å². The van der Waals surface area contributed by atoms with Crippen LogP contribution in [0.4, 0.5) is 0 Å². The first-order chi connectivity index (χ1) is 27.5. The van der Waals surface area contributed by atoms with Crippen molar-refractivity contribution in [2.75, 3.05) is 0 Å². The summed E-state index contributed by atoms with van der Waals surface area (Å²) in [4.78, 5) is 32.8. The van der Waals surface area contributed by atoms with Gasteiger partial charge in [-0.1, -0.05) is 25.2 Å². The van der Waals surface area contributed by atoms with E-state index in [4.69, 9.17) is 9.97 Å². The van der Waals surface area contributed by atoms with Gasteiger partial charge in [0.15, 0.2) is 23.3 Å². The third-order valence-electron chi connectivity index (χ3n) is 9.50. The van der Waals surface area contributed by atoms with Gasteiger partial charge in [0.2, 0.25) is 0 Å². The summed E-state index contributed by atoms with van der Waals surface area (Å²) >= 11 is 0. The molecule has 0 saturated heterocycles. The zero-order chi connectivity index (χ0) is 40.7. The quantitative estimate of drug-likeness (QED) is 0.0724. The number of H-pyrrole nitrogens is 2. The normalized spacial score (nSPS) is 12.0. The molecule has 0 radical (unpaired) electrons. The minimum Gasteiger partial charge on any atom is -0.744 e. The molecule has 5 heterocycles. The zero-order valence-corrected chi connectivity index (χ0v) is 41.1. The molecular formula is C38H23N8Na3O9S3. The van der Waals surface area contributed by atoms with Crippen LogP contribution in [0.2, 0.25) is 0 Å². The Morgan fingerprint density at radius 3 is 1.34 bits per heavy atom. The van der Waals surface area contributed by atoms with Crippen LogP contribution in [0.3, 0.4) is 0 Å². The molecule has 9 rings (SSSR count). The van der Waals surface area contributed by atoms with E-state index in [1.807, 2.05) is 0 Å². The molecule has 2 aliphatic rings. The van der Waals surface area contributed by atoms with Gasteiger partial charge in [-0.15, -0.1) is 0 Å². The molecule has 7 aromatic rings. The summed E-state index contributed by atoms with van der Waals surface area (Å²) in [7, 11) is -14.8. The van der Waals surface area contributed by atoms with Crippen LogP contribution in [-0.4, -0.2) is 78.8 Å². The van der Waals surface area contributed by atoms with E-state index in [2.05, 4.69) is 48.7 Å². The van der Waals surface area contributed by atoms with Crippen molar-refractivity contribution >= 4 is 74.5 Å². The fraction of sp³-hybridized carbons (Fsp3) is 0.105. The van der Waals surface area contributed by atoms with Crippen molar-refractivity contribution in [3.63, 3.8) is 0 Å². The van der Waals surface area contributed by atoms with Gasteiger partial charge in [-0.05, 0) is 79.2 Å². The fourth-order valence-corrected chi connectivity index (χ4v) is 8.20. The Balaban J connectivity index is 0.00000207. The number of aromatic amines is 2. The van der Waals surface area contributed by atoms with Crippen molar-refractivity contribution in [1.82, 2.24) is 39.9 Å². The topological polar surface area (TPSA) is 281 Å². The minimum atomic E-state index is -4.95. The first-order valence-corrected chi connectivity index (χ1v) is 21.5. The molecule has 0 fully saturated rings. The Hall–Kier alpha value is -3.47. The summed E-state index contributed by atoms with van der Waals surface area (Å²) in [5.74, 6) is 6.24. The van der Waals surface area contributed by atoms with Gasteiger partial charge in [-0.2, -0.15) is 0 Å². The SMILES string of the molecule is CCCCC#Cc1ccc2c3nc4nc(nc5[nH]c(nc6nc(nc([nH]3)c2c1)-c1ccc(S(=O)(=O)[O-])cc1-6)c1ccc(S(=O)(=O)[O-])cc51)-c1ccc(S(=O)(=O)[O-])cc1-4.[Na+].[Na+].[Na+]. The number of aromatic nitrogens is 8. The van der Waals surface area contributed by atoms with Crippen LogP contribution in [0.15, 0.2) is 87.5 Å². The number of benzene rings is 4. The van der Waals surface area contributed by atoms with Gasteiger partial charge in [0, 0.05) is 55.8 Å². The van der Waals surface area contributed by atoms with E-state index < -0.39 is 45.0 Å². The van der Waals surface area contributed by atoms with Crippen LogP contribution < -0.4 is 88.7 Å². The van der Waals surface area contributed by atoms with Crippen LogP contribution in [0, 0.1) is 11.8 Å². The Labute approximate surface area is 413 Å². The zero-order valence-electron chi connectivity index (χ0n) is 32.6. The third-order valence-corrected chi connectivity index (χ3v) is 12.0. The molecule has 0 amide bonds. The summed E-state index contributed by atoms with van der Waals surface area (Å²) in [6.45, 7) is 2.07. The van der Waals surface area contributed by atoms with Crippen LogP contribution >= 0.6 is 0 Å². The third kappa shape index (κ3) is 9.02. The predicted octanol–water partition coefficient (Wildman–Crippen LogP) is -3.86. The number of nitrogens with one attached hydrogen (secondary N) is 2. The van der Waals surface area contributed by atoms with Gasteiger partial charge >= 0.3 is 88.7 Å². The van der Waals surface area contributed by atoms with Crippen molar-refractivity contribution in [3.8, 4) is 57.4 Å². The standard InChI is InChI=1S/C38H26N8O9S3.3Na/c1-2-3-4-5-6-19-7-11-23-27(15-19)35-39-31(23)41-36-29-17-21(57(50,51)52)9-13-25(29)33(43-36)45-38-30-18-22(58(53,54)55)10-14-26(30)34(46-38)44-37-28-16-20(56(47,48)49)8-12-24(28)32(40-35)42-37;;;/h7-18H,2-4H2,1H3,(H,47,48,49)(H,50,51,52)(H,53,54,55)(H2,39,40,41,42,43,44,45,46);;;/q;3*+1/p-3. The van der Waals surface area contributed by atoms with Crippen molar-refractivity contribution < 1.29 is 128 Å². The Bertz CT molecular complexity index is 3540. The molecule has 0 saturated carbocycles. The van der Waals surface area contributed by atoms with Gasteiger partial charge in [-0.3, -0.25) is 0 Å². The Morgan fingerprint density at radius 2 is 0.885 bits per heavy atom. The number of hydrogen-bond acceptors (Lipinski definition) is 15. The van der Waals surface area contributed by atoms with Gasteiger partial charge < -0.3 is 23.6 Å². The molecular weight excluding hydrogens is 878 g/mol. The van der Waals surface area contributed by atoms with Crippen molar-refractivity contribution in [3.05, 3.63) is 78.4 Å². The molecule has 4 aromatic carbocycles. The molecule has 3 aromatic heterocycles. The number of hydrogen-bond donors (Lipinski definition) is 2. The first-order valence-electron chi connectivity index (χ1n) is 17.3. The molecule has 0 spiro atoms. The summed E-state index contributed by atoms with van der Waals surface area (Å²) < 4.78 is 109. The number of nitrogens with zero attached hydrogens (tertiary/aromatic N) is 6. The van der Waals surface area contributed by atoms with E-state index in [0.717, 1.165) is 49.2 Å². The Morgan fingerprint density at radius 1 is 0.492 bits per heavy atom. The van der Waals surface area contributed by atoms with Crippen LogP contribution in [-0.2, 0) is 30.4 Å². The van der Waals surface area contributed by atoms with E-state index >= 15 is 0 Å². The van der Waals surface area contributed by atoms with Gasteiger partial charge in [0.25, 0.3) is 0 Å². The summed E-state index contributed by atoms with van der Waals surface area (Å²) in [5, 5.41) is 1.44. The minimum absolute atomic E-state index is 0. The van der Waals surface area contributed by atoms with E-state index in [1.165, 1.54) is 18.2 Å². The second kappa shape index (κ2) is 17.6. The molecule has 23 heteroatoms. The average Bonchev–Trinajstić information content (AvgIpc) is 3.90.